The van der Waals surface area contributed by atoms with E-state index in [1.807, 2.05) is 6.07 Å². The summed E-state index contributed by atoms with van der Waals surface area (Å²) in [7, 11) is -1.76. The van der Waals surface area contributed by atoms with Crippen molar-refractivity contribution in [2.75, 3.05) is 18.9 Å². The van der Waals surface area contributed by atoms with Crippen molar-refractivity contribution in [3.63, 3.8) is 0 Å². The number of aromatic nitrogens is 2. The molecule has 0 fully saturated rings. The van der Waals surface area contributed by atoms with Gasteiger partial charge in [-0.15, -0.1) is 0 Å². The highest BCUT2D eigenvalue weighted by atomic mass is 32.2. The summed E-state index contributed by atoms with van der Waals surface area (Å²) in [5.74, 6) is -1.91. The van der Waals surface area contributed by atoms with Crippen LogP contribution in [0.1, 0.15) is 47.6 Å². The number of aliphatic imine (C=N–C) groups is 1. The molecule has 0 saturated heterocycles. The smallest absolute Gasteiger partial charge is 0.369 e. The molecule has 2 atom stereocenters. The van der Waals surface area contributed by atoms with Crippen molar-refractivity contribution in [1.82, 2.24) is 14.3 Å². The molecule has 0 aliphatic heterocycles. The lowest BCUT2D eigenvalue weighted by Gasteiger charge is -2.26. The molecule has 2 rings (SSSR count). The van der Waals surface area contributed by atoms with E-state index in [-0.39, 0.29) is 29.2 Å². The van der Waals surface area contributed by atoms with E-state index in [0.29, 0.717) is 5.56 Å². The van der Waals surface area contributed by atoms with Crippen LogP contribution in [0, 0.1) is 24.1 Å². The van der Waals surface area contributed by atoms with Crippen molar-refractivity contribution in [1.29, 1.82) is 5.26 Å². The zero-order chi connectivity index (χ0) is 27.3. The fourth-order valence-electron chi connectivity index (χ4n) is 2.89. The van der Waals surface area contributed by atoms with Crippen LogP contribution in [0.5, 0.6) is 0 Å². The molecule has 0 spiro atoms. The minimum absolute atomic E-state index is 0.0324. The van der Waals surface area contributed by atoms with Gasteiger partial charge in [0.1, 0.15) is 52.0 Å². The maximum Gasteiger partial charge on any atom is 0.408 e. The SMILES string of the molecule is CC[C@](C)(/N=C(/N)N(C)/[SH](=O)=N/CC(F)(F)F)c1nc(NC(=O)c2ncc(C#N)cc2C)ccc1F. The third kappa shape index (κ3) is 7.11. The Morgan fingerprint density at radius 2 is 2.03 bits per heavy atom. The molecule has 2 aromatic rings. The highest BCUT2D eigenvalue weighted by Crippen LogP contribution is 2.31. The van der Waals surface area contributed by atoms with Crippen LogP contribution in [0.4, 0.5) is 23.4 Å². The summed E-state index contributed by atoms with van der Waals surface area (Å²) in [6.45, 7) is 3.08. The number of halogens is 4. The van der Waals surface area contributed by atoms with Crippen LogP contribution in [0.2, 0.25) is 0 Å². The fraction of sp³-hybridized carbons (Fsp3) is 0.381. The summed E-state index contributed by atoms with van der Waals surface area (Å²) in [5.41, 5.74) is 4.94. The molecule has 0 aliphatic rings. The molecule has 10 nitrogen and oxygen atoms in total. The Bertz CT molecular complexity index is 1300. The number of hydrogen-bond acceptors (Lipinski definition) is 7. The molecular formula is C21H24F4N8O2S. The summed E-state index contributed by atoms with van der Waals surface area (Å²) in [5, 5.41) is 11.4. The topological polar surface area (TPSA) is 150 Å². The van der Waals surface area contributed by atoms with Crippen molar-refractivity contribution in [3.05, 3.63) is 52.7 Å². The summed E-state index contributed by atoms with van der Waals surface area (Å²) in [6, 6.07) is 5.68. The standard InChI is InChI=1S/C21H24F4N8O2S/c1-5-20(3,32-19(27)33(4)36(35)29-11-21(23,24)25)17-14(22)6-7-15(30-17)31-18(34)16-12(2)8-13(9-26)10-28-16/h6-8,10,36H,5,11H2,1-4H3,(H2,27,32)(H,30,31,34)/t20-/m0/s1. The zero-order valence-electron chi connectivity index (χ0n) is 19.8. The number of alkyl halides is 3. The molecular weight excluding hydrogens is 504 g/mol. The number of amides is 1. The van der Waals surface area contributed by atoms with E-state index in [9.17, 15) is 26.6 Å². The van der Waals surface area contributed by atoms with Crippen molar-refractivity contribution in [2.45, 2.75) is 38.9 Å². The predicted octanol–water partition coefficient (Wildman–Crippen LogP) is 3.06. The van der Waals surface area contributed by atoms with Crippen molar-refractivity contribution < 1.29 is 26.6 Å². The predicted molar refractivity (Wildman–Crippen MR) is 126 cm³/mol. The Labute approximate surface area is 206 Å². The lowest BCUT2D eigenvalue weighted by Crippen LogP contribution is -2.37. The molecule has 0 saturated carbocycles. The Hall–Kier alpha value is -3.80. The van der Waals surface area contributed by atoms with Crippen LogP contribution in [0.25, 0.3) is 0 Å². The number of anilines is 1. The molecule has 1 unspecified atom stereocenters. The van der Waals surface area contributed by atoms with Gasteiger partial charge >= 0.3 is 6.18 Å². The van der Waals surface area contributed by atoms with Crippen LogP contribution in [0.3, 0.4) is 0 Å². The van der Waals surface area contributed by atoms with Gasteiger partial charge in [0.05, 0.1) is 5.56 Å². The van der Waals surface area contributed by atoms with Gasteiger partial charge in [0.2, 0.25) is 5.96 Å². The number of nitrogens with one attached hydrogen (secondary N) is 1. The summed E-state index contributed by atoms with van der Waals surface area (Å²) < 4.78 is 67.7. The second kappa shape index (κ2) is 11.3. The lowest BCUT2D eigenvalue weighted by molar-refractivity contribution is -0.117. The van der Waals surface area contributed by atoms with E-state index in [0.717, 1.165) is 17.4 Å². The number of carbonyl (C=O) groups excluding carboxylic acids is 1. The fourth-order valence-corrected chi connectivity index (χ4v) is 3.58. The van der Waals surface area contributed by atoms with E-state index < -0.39 is 46.7 Å². The van der Waals surface area contributed by atoms with Gasteiger partial charge in [-0.1, -0.05) is 6.92 Å². The van der Waals surface area contributed by atoms with Crippen molar-refractivity contribution >= 4 is 28.5 Å². The molecule has 1 amide bonds. The molecule has 0 aliphatic carbocycles. The maximum atomic E-state index is 14.8. The number of aryl methyl sites for hydroxylation is 1. The molecule has 36 heavy (non-hydrogen) atoms. The first-order valence-electron chi connectivity index (χ1n) is 10.4. The van der Waals surface area contributed by atoms with Gasteiger partial charge in [0.25, 0.3) is 5.91 Å². The number of thiol groups is 1. The third-order valence-corrected chi connectivity index (χ3v) is 6.13. The van der Waals surface area contributed by atoms with Gasteiger partial charge in [0, 0.05) is 13.2 Å². The number of guanidine groups is 1. The maximum absolute atomic E-state index is 14.8. The second-order valence-electron chi connectivity index (χ2n) is 7.77. The van der Waals surface area contributed by atoms with Crippen LogP contribution in [0.15, 0.2) is 33.8 Å². The minimum Gasteiger partial charge on any atom is -0.369 e. The molecule has 0 bridgehead atoms. The average Bonchev–Trinajstić information content (AvgIpc) is 2.82. The number of nitrogens with two attached hydrogens (primary N) is 1. The van der Waals surface area contributed by atoms with Crippen molar-refractivity contribution in [3.8, 4) is 6.07 Å². The van der Waals surface area contributed by atoms with E-state index in [4.69, 9.17) is 11.0 Å². The van der Waals surface area contributed by atoms with E-state index >= 15 is 0 Å². The Balaban J connectivity index is 2.37. The molecule has 2 heterocycles. The number of nitrogens with zero attached hydrogens (tertiary/aromatic N) is 6. The normalized spacial score (nSPS) is 14.6. The van der Waals surface area contributed by atoms with E-state index in [2.05, 4.69) is 24.6 Å². The molecule has 0 aromatic carbocycles. The number of pyridine rings is 2. The Kier molecular flexibility index (Phi) is 8.92. The summed E-state index contributed by atoms with van der Waals surface area (Å²) in [6.07, 6.45) is -3.27. The van der Waals surface area contributed by atoms with Gasteiger partial charge in [-0.2, -0.15) is 18.4 Å². The van der Waals surface area contributed by atoms with Crippen LogP contribution >= 0.6 is 0 Å². The van der Waals surface area contributed by atoms with Crippen LogP contribution in [-0.2, 0) is 16.3 Å². The minimum atomic E-state index is -4.64. The number of nitriles is 1. The Morgan fingerprint density at radius 3 is 2.58 bits per heavy atom. The highest BCUT2D eigenvalue weighted by molar-refractivity contribution is 7.73. The zero-order valence-corrected chi connectivity index (χ0v) is 20.7. The number of carbonyl (C=O) groups is 1. The largest absolute Gasteiger partial charge is 0.408 e. The Morgan fingerprint density at radius 1 is 1.36 bits per heavy atom. The second-order valence-corrected chi connectivity index (χ2v) is 9.16. The summed E-state index contributed by atoms with van der Waals surface area (Å²) >= 11 is 0. The molecule has 0 radical (unpaired) electrons. The first-order valence-corrected chi connectivity index (χ1v) is 11.5. The van der Waals surface area contributed by atoms with Crippen LogP contribution < -0.4 is 11.1 Å². The van der Waals surface area contributed by atoms with Gasteiger partial charge in [-0.25, -0.2) is 27.9 Å². The van der Waals surface area contributed by atoms with Gasteiger partial charge < -0.3 is 11.1 Å². The third-order valence-electron chi connectivity index (χ3n) is 5.03. The molecule has 15 heteroatoms. The van der Waals surface area contributed by atoms with Gasteiger partial charge in [0.15, 0.2) is 0 Å². The molecule has 2 aromatic heterocycles. The first-order chi connectivity index (χ1) is 16.7. The lowest BCUT2D eigenvalue weighted by atomic mass is 9.94. The summed E-state index contributed by atoms with van der Waals surface area (Å²) in [4.78, 5) is 25.0. The van der Waals surface area contributed by atoms with Gasteiger partial charge in [-0.3, -0.25) is 9.10 Å². The number of hydrogen-bond donors (Lipinski definition) is 3. The average molecular weight is 529 g/mol. The highest BCUT2D eigenvalue weighted by Gasteiger charge is 2.31. The monoisotopic (exact) mass is 528 g/mol. The van der Waals surface area contributed by atoms with Crippen molar-refractivity contribution in [2.24, 2.45) is 15.1 Å². The quantitative estimate of drug-likeness (QED) is 0.218. The molecule has 194 valence electrons. The van der Waals surface area contributed by atoms with E-state index in [1.165, 1.54) is 25.3 Å². The van der Waals surface area contributed by atoms with E-state index in [1.54, 1.807) is 13.8 Å². The van der Waals surface area contributed by atoms with Gasteiger partial charge in [-0.05, 0) is 44.0 Å². The molecule has 3 N–H and O–H groups in total. The number of rotatable bonds is 7. The first kappa shape index (κ1) is 28.4. The van der Waals surface area contributed by atoms with Crippen LogP contribution in [-0.4, -0.2) is 50.1 Å².